The summed E-state index contributed by atoms with van der Waals surface area (Å²) >= 11 is 5.88. The number of nitrogens with one attached hydrogen (secondary N) is 1. The number of nitrogens with zero attached hydrogens (tertiary/aromatic N) is 4. The van der Waals surface area contributed by atoms with Crippen molar-refractivity contribution in [3.63, 3.8) is 0 Å². The summed E-state index contributed by atoms with van der Waals surface area (Å²) in [6, 6.07) is 7.55. The van der Waals surface area contributed by atoms with E-state index in [0.717, 1.165) is 12.0 Å². The molecule has 9 nitrogen and oxygen atoms in total. The summed E-state index contributed by atoms with van der Waals surface area (Å²) in [4.78, 5) is 26.5. The summed E-state index contributed by atoms with van der Waals surface area (Å²) in [5.41, 5.74) is 2.28. The fourth-order valence-electron chi connectivity index (χ4n) is 2.68. The predicted octanol–water partition coefficient (Wildman–Crippen LogP) is 2.06. The van der Waals surface area contributed by atoms with Gasteiger partial charge in [-0.2, -0.15) is 0 Å². The van der Waals surface area contributed by atoms with E-state index in [1.165, 1.54) is 6.20 Å². The normalized spacial score (nSPS) is 10.7. The molecule has 0 aliphatic rings. The van der Waals surface area contributed by atoms with Crippen molar-refractivity contribution in [2.24, 2.45) is 0 Å². The molecule has 3 N–H and O–H groups in total. The number of carboxylic acid groups (broad SMARTS) is 1. The standard InChI is InChI=1S/C19H18ClN5O4/c1-11-14(8-21-17(18(11)28)19(29)22-9-16(26)27)15-10-25(24-23-15)7-6-12-2-4-13(20)5-3-12/h2-5,8,10,28H,6-7,9H2,1H3,(H,22,29)(H,26,27). The molecule has 0 aliphatic carbocycles. The van der Waals surface area contributed by atoms with Crippen LogP contribution in [0.1, 0.15) is 21.6 Å². The van der Waals surface area contributed by atoms with Gasteiger partial charge in [0.25, 0.3) is 5.91 Å². The van der Waals surface area contributed by atoms with Crippen LogP contribution in [0.15, 0.2) is 36.7 Å². The van der Waals surface area contributed by atoms with Gasteiger partial charge >= 0.3 is 5.97 Å². The summed E-state index contributed by atoms with van der Waals surface area (Å²) in [6.45, 7) is 1.65. The quantitative estimate of drug-likeness (QED) is 0.538. The van der Waals surface area contributed by atoms with Crippen molar-refractivity contribution in [3.05, 3.63) is 58.5 Å². The number of aromatic hydroxyl groups is 1. The molecule has 0 unspecified atom stereocenters. The number of carbonyl (C=O) groups is 2. The number of benzene rings is 1. The third-order valence-corrected chi connectivity index (χ3v) is 4.53. The first-order valence-corrected chi connectivity index (χ1v) is 9.06. The Balaban J connectivity index is 1.74. The van der Waals surface area contributed by atoms with Gasteiger partial charge < -0.3 is 15.5 Å². The predicted molar refractivity (Wildman–Crippen MR) is 105 cm³/mol. The largest absolute Gasteiger partial charge is 0.505 e. The number of amides is 1. The molecule has 1 aromatic carbocycles. The lowest BCUT2D eigenvalue weighted by atomic mass is 10.1. The Bertz CT molecular complexity index is 1050. The van der Waals surface area contributed by atoms with Crippen molar-refractivity contribution in [2.75, 3.05) is 6.54 Å². The summed E-state index contributed by atoms with van der Waals surface area (Å²) in [6.07, 6.45) is 3.87. The zero-order chi connectivity index (χ0) is 21.0. The van der Waals surface area contributed by atoms with Crippen molar-refractivity contribution >= 4 is 23.5 Å². The molecule has 29 heavy (non-hydrogen) atoms. The lowest BCUT2D eigenvalue weighted by Gasteiger charge is -2.09. The first-order chi connectivity index (χ1) is 13.8. The van der Waals surface area contributed by atoms with Gasteiger partial charge in [-0.15, -0.1) is 5.10 Å². The van der Waals surface area contributed by atoms with Gasteiger partial charge in [-0.25, -0.2) is 4.98 Å². The van der Waals surface area contributed by atoms with Crippen LogP contribution in [-0.4, -0.2) is 48.6 Å². The molecule has 2 aromatic heterocycles. The van der Waals surface area contributed by atoms with Gasteiger partial charge in [-0.1, -0.05) is 28.9 Å². The summed E-state index contributed by atoms with van der Waals surface area (Å²) in [5.74, 6) is -2.30. The van der Waals surface area contributed by atoms with Crippen molar-refractivity contribution in [1.82, 2.24) is 25.3 Å². The van der Waals surface area contributed by atoms with E-state index < -0.39 is 18.4 Å². The third-order valence-electron chi connectivity index (χ3n) is 4.28. The molecule has 150 valence electrons. The number of halogens is 1. The number of hydrogen-bond donors (Lipinski definition) is 3. The Labute approximate surface area is 171 Å². The minimum Gasteiger partial charge on any atom is -0.505 e. The second-order valence-corrected chi connectivity index (χ2v) is 6.75. The SMILES string of the molecule is Cc1c(-c2cn(CCc3ccc(Cl)cc3)nn2)cnc(C(=O)NCC(=O)O)c1O. The van der Waals surface area contributed by atoms with E-state index in [0.29, 0.717) is 28.4 Å². The number of hydrogen-bond acceptors (Lipinski definition) is 6. The molecule has 0 aliphatic heterocycles. The average Bonchev–Trinajstić information content (AvgIpc) is 3.16. The average molecular weight is 416 g/mol. The van der Waals surface area contributed by atoms with Crippen LogP contribution >= 0.6 is 11.6 Å². The highest BCUT2D eigenvalue weighted by Crippen LogP contribution is 2.29. The number of carbonyl (C=O) groups excluding carboxylic acids is 1. The summed E-state index contributed by atoms with van der Waals surface area (Å²) < 4.78 is 1.67. The molecule has 3 aromatic rings. The minimum atomic E-state index is -1.19. The molecule has 1 amide bonds. The maximum atomic E-state index is 12.0. The highest BCUT2D eigenvalue weighted by atomic mass is 35.5. The number of aryl methyl sites for hydroxylation is 2. The molecule has 0 bridgehead atoms. The van der Waals surface area contributed by atoms with E-state index >= 15 is 0 Å². The topological polar surface area (TPSA) is 130 Å². The van der Waals surface area contributed by atoms with Gasteiger partial charge in [0.1, 0.15) is 12.2 Å². The van der Waals surface area contributed by atoms with Crippen LogP contribution in [0, 0.1) is 6.92 Å². The Morgan fingerprint density at radius 3 is 2.66 bits per heavy atom. The Hall–Kier alpha value is -3.46. The van der Waals surface area contributed by atoms with E-state index in [9.17, 15) is 14.7 Å². The maximum absolute atomic E-state index is 12.0. The van der Waals surface area contributed by atoms with Gasteiger partial charge in [0.2, 0.25) is 0 Å². The lowest BCUT2D eigenvalue weighted by Crippen LogP contribution is -2.30. The van der Waals surface area contributed by atoms with Gasteiger partial charge in [0, 0.05) is 28.9 Å². The third kappa shape index (κ3) is 4.88. The number of pyridine rings is 1. The van der Waals surface area contributed by atoms with Crippen LogP contribution in [0.25, 0.3) is 11.3 Å². The Kier molecular flexibility index (Phi) is 6.08. The van der Waals surface area contributed by atoms with E-state index in [1.54, 1.807) is 17.8 Å². The molecule has 3 rings (SSSR count). The van der Waals surface area contributed by atoms with Crippen molar-refractivity contribution < 1.29 is 19.8 Å². The monoisotopic (exact) mass is 415 g/mol. The first kappa shape index (κ1) is 20.3. The molecular formula is C19H18ClN5O4. The molecular weight excluding hydrogens is 398 g/mol. The minimum absolute atomic E-state index is 0.248. The molecule has 10 heteroatoms. The molecule has 0 atom stereocenters. The number of carboxylic acids is 1. The number of aromatic nitrogens is 4. The maximum Gasteiger partial charge on any atom is 0.322 e. The fourth-order valence-corrected chi connectivity index (χ4v) is 2.81. The molecule has 0 saturated heterocycles. The summed E-state index contributed by atoms with van der Waals surface area (Å²) in [5, 5.41) is 30.0. The highest BCUT2D eigenvalue weighted by molar-refractivity contribution is 6.30. The zero-order valence-corrected chi connectivity index (χ0v) is 16.2. The zero-order valence-electron chi connectivity index (χ0n) is 15.5. The van der Waals surface area contributed by atoms with E-state index in [4.69, 9.17) is 16.7 Å². The van der Waals surface area contributed by atoms with E-state index in [2.05, 4.69) is 20.6 Å². The molecule has 0 fully saturated rings. The van der Waals surface area contributed by atoms with Gasteiger partial charge in [0.05, 0.1) is 6.20 Å². The van der Waals surface area contributed by atoms with Crippen LogP contribution in [0.3, 0.4) is 0 Å². The number of aliphatic carboxylic acids is 1. The van der Waals surface area contributed by atoms with Crippen LogP contribution < -0.4 is 5.32 Å². The smallest absolute Gasteiger partial charge is 0.322 e. The molecule has 0 radical (unpaired) electrons. The molecule has 2 heterocycles. The van der Waals surface area contributed by atoms with Crippen LogP contribution in [0.2, 0.25) is 5.02 Å². The number of rotatable bonds is 7. The van der Waals surface area contributed by atoms with Gasteiger partial charge in [0.15, 0.2) is 11.4 Å². The second kappa shape index (κ2) is 8.70. The van der Waals surface area contributed by atoms with Crippen molar-refractivity contribution in [3.8, 4) is 17.0 Å². The Morgan fingerprint density at radius 1 is 1.24 bits per heavy atom. The summed E-state index contributed by atoms with van der Waals surface area (Å²) in [7, 11) is 0. The Morgan fingerprint density at radius 2 is 1.97 bits per heavy atom. The van der Waals surface area contributed by atoms with Crippen LogP contribution in [0.5, 0.6) is 5.75 Å². The fraction of sp³-hybridized carbons (Fsp3) is 0.211. The second-order valence-electron chi connectivity index (χ2n) is 6.31. The van der Waals surface area contributed by atoms with E-state index in [1.807, 2.05) is 24.3 Å². The molecule has 0 spiro atoms. The van der Waals surface area contributed by atoms with E-state index in [-0.39, 0.29) is 11.4 Å². The lowest BCUT2D eigenvalue weighted by molar-refractivity contribution is -0.135. The van der Waals surface area contributed by atoms with Crippen LogP contribution in [0.4, 0.5) is 0 Å². The first-order valence-electron chi connectivity index (χ1n) is 8.68. The van der Waals surface area contributed by atoms with Crippen molar-refractivity contribution in [1.29, 1.82) is 0 Å². The van der Waals surface area contributed by atoms with Crippen molar-refractivity contribution in [2.45, 2.75) is 19.9 Å². The molecule has 0 saturated carbocycles. The highest BCUT2D eigenvalue weighted by Gasteiger charge is 2.19. The van der Waals surface area contributed by atoms with Crippen LogP contribution in [-0.2, 0) is 17.8 Å². The van der Waals surface area contributed by atoms with Gasteiger partial charge in [-0.3, -0.25) is 14.3 Å². The van der Waals surface area contributed by atoms with Gasteiger partial charge in [-0.05, 0) is 31.0 Å².